The summed E-state index contributed by atoms with van der Waals surface area (Å²) >= 11 is 0. The van der Waals surface area contributed by atoms with E-state index in [0.717, 1.165) is 29.3 Å². The van der Waals surface area contributed by atoms with Gasteiger partial charge in [0.15, 0.2) is 6.10 Å². The molecule has 0 radical (unpaired) electrons. The van der Waals surface area contributed by atoms with Gasteiger partial charge in [-0.05, 0) is 54.1 Å². The first-order valence-corrected chi connectivity index (χ1v) is 10.3. The summed E-state index contributed by atoms with van der Waals surface area (Å²) in [6.45, 7) is 1.27. The van der Waals surface area contributed by atoms with Crippen molar-refractivity contribution in [3.05, 3.63) is 66.1 Å². The maximum Gasteiger partial charge on any atom is 0.255 e. The zero-order valence-corrected chi connectivity index (χ0v) is 16.8. The highest BCUT2D eigenvalue weighted by molar-refractivity contribution is 5.98. The van der Waals surface area contributed by atoms with E-state index < -0.39 is 6.10 Å². The summed E-state index contributed by atoms with van der Waals surface area (Å²) in [5, 5.41) is 1.09. The number of fused-ring (bicyclic) bond motifs is 1. The number of pyridine rings is 1. The Bertz CT molecular complexity index is 1070. The van der Waals surface area contributed by atoms with Gasteiger partial charge in [0.05, 0.1) is 6.04 Å². The molecule has 2 aliphatic heterocycles. The van der Waals surface area contributed by atoms with Gasteiger partial charge in [-0.25, -0.2) is 0 Å². The number of H-pyrrole nitrogens is 1. The van der Waals surface area contributed by atoms with Gasteiger partial charge >= 0.3 is 0 Å². The lowest BCUT2D eigenvalue weighted by Gasteiger charge is -2.52. The van der Waals surface area contributed by atoms with Gasteiger partial charge in [0.25, 0.3) is 11.8 Å². The van der Waals surface area contributed by atoms with Crippen LogP contribution in [0.15, 0.2) is 55.0 Å². The number of nitrogens with one attached hydrogen (secondary N) is 1. The molecule has 2 fully saturated rings. The van der Waals surface area contributed by atoms with E-state index in [4.69, 9.17) is 4.74 Å². The first-order chi connectivity index (χ1) is 14.7. The van der Waals surface area contributed by atoms with Crippen LogP contribution in [0.2, 0.25) is 0 Å². The van der Waals surface area contributed by atoms with Crippen LogP contribution >= 0.6 is 0 Å². The number of likely N-dealkylation sites (tertiary alicyclic amines) is 2. The number of aromatic amines is 1. The average Bonchev–Trinajstić information content (AvgIpc) is 3.26. The number of methoxy groups -OCH3 is 1. The molecular weight excluding hydrogens is 380 g/mol. The summed E-state index contributed by atoms with van der Waals surface area (Å²) in [5.74, 6) is 0.0709. The molecule has 0 saturated carbocycles. The van der Waals surface area contributed by atoms with Gasteiger partial charge in [-0.15, -0.1) is 0 Å². The van der Waals surface area contributed by atoms with Crippen LogP contribution in [0, 0.1) is 0 Å². The highest BCUT2D eigenvalue weighted by Gasteiger charge is 2.51. The van der Waals surface area contributed by atoms with Crippen molar-refractivity contribution < 1.29 is 14.3 Å². The second kappa shape index (κ2) is 7.57. The Morgan fingerprint density at radius 3 is 2.63 bits per heavy atom. The van der Waals surface area contributed by atoms with Crippen molar-refractivity contribution >= 4 is 22.7 Å². The molecule has 4 heterocycles. The number of β-lactam (4-membered cyclic amide) rings is 1. The topological polar surface area (TPSA) is 78.5 Å². The Balaban J connectivity index is 1.28. The van der Waals surface area contributed by atoms with Gasteiger partial charge in [-0.3, -0.25) is 14.6 Å². The number of rotatable bonds is 4. The minimum absolute atomic E-state index is 0.0290. The van der Waals surface area contributed by atoms with Gasteiger partial charge in [0, 0.05) is 55.9 Å². The molecule has 1 N–H and O–H groups in total. The number of carbonyl (C=O) groups excluding carboxylic acids is 2. The fourth-order valence-corrected chi connectivity index (χ4v) is 4.73. The van der Waals surface area contributed by atoms with Crippen LogP contribution in [0.3, 0.4) is 0 Å². The summed E-state index contributed by atoms with van der Waals surface area (Å²) in [6, 6.07) is 11.6. The van der Waals surface area contributed by atoms with Crippen LogP contribution in [0.5, 0.6) is 0 Å². The van der Waals surface area contributed by atoms with Gasteiger partial charge in [0.2, 0.25) is 0 Å². The second-order valence-electron chi connectivity index (χ2n) is 7.93. The smallest absolute Gasteiger partial charge is 0.255 e. The monoisotopic (exact) mass is 404 g/mol. The first-order valence-electron chi connectivity index (χ1n) is 10.3. The maximum atomic E-state index is 13.0. The van der Waals surface area contributed by atoms with E-state index in [1.807, 2.05) is 52.4 Å². The lowest BCUT2D eigenvalue weighted by atomic mass is 9.86. The van der Waals surface area contributed by atoms with Crippen molar-refractivity contribution in [1.29, 1.82) is 0 Å². The molecule has 3 aromatic rings. The zero-order valence-electron chi connectivity index (χ0n) is 16.8. The molecule has 154 valence electrons. The average molecular weight is 404 g/mol. The van der Waals surface area contributed by atoms with Crippen molar-refractivity contribution in [2.45, 2.75) is 31.0 Å². The van der Waals surface area contributed by atoms with Gasteiger partial charge in [-0.2, -0.15) is 0 Å². The molecule has 7 heteroatoms. The standard InChI is InChI=1S/C23H24N4O3/c1-30-21-20(16-4-9-24-10-5-16)27(23(21)29)18-7-12-26(13-8-18)22(28)17-3-2-15-6-11-25-19(15)14-17/h2-6,9-11,14,18,20-21,25H,7-8,12-13H2,1H3. The third-order valence-electron chi connectivity index (χ3n) is 6.33. The molecule has 0 aliphatic carbocycles. The van der Waals surface area contributed by atoms with E-state index in [2.05, 4.69) is 9.97 Å². The fraction of sp³-hybridized carbons (Fsp3) is 0.348. The highest BCUT2D eigenvalue weighted by Crippen LogP contribution is 2.40. The number of ether oxygens (including phenoxy) is 1. The summed E-state index contributed by atoms with van der Waals surface area (Å²) in [6.07, 6.45) is 6.44. The van der Waals surface area contributed by atoms with Crippen LogP contribution in [0.1, 0.15) is 34.8 Å². The molecule has 2 amide bonds. The van der Waals surface area contributed by atoms with E-state index >= 15 is 0 Å². The number of benzene rings is 1. The summed E-state index contributed by atoms with van der Waals surface area (Å²) < 4.78 is 5.45. The van der Waals surface area contributed by atoms with Crippen LogP contribution in [0.25, 0.3) is 10.9 Å². The van der Waals surface area contributed by atoms with E-state index in [1.54, 1.807) is 19.5 Å². The number of amides is 2. The number of hydrogen-bond acceptors (Lipinski definition) is 4. The number of nitrogens with zero attached hydrogens (tertiary/aromatic N) is 3. The number of piperidine rings is 1. The van der Waals surface area contributed by atoms with Crippen molar-refractivity contribution in [3.8, 4) is 0 Å². The molecule has 1 aromatic carbocycles. The summed E-state index contributed by atoms with van der Waals surface area (Å²) in [5.41, 5.74) is 2.69. The Hall–Kier alpha value is -3.19. The lowest BCUT2D eigenvalue weighted by molar-refractivity contribution is -0.178. The van der Waals surface area contributed by atoms with Crippen LogP contribution in [0.4, 0.5) is 0 Å². The Kier molecular flexibility index (Phi) is 4.75. The van der Waals surface area contributed by atoms with Crippen LogP contribution in [-0.2, 0) is 9.53 Å². The van der Waals surface area contributed by atoms with Gasteiger partial charge < -0.3 is 19.5 Å². The van der Waals surface area contributed by atoms with Crippen LogP contribution < -0.4 is 0 Å². The molecule has 2 aliphatic rings. The minimum atomic E-state index is -0.445. The molecule has 0 spiro atoms. The zero-order chi connectivity index (χ0) is 20.7. The predicted molar refractivity (Wildman–Crippen MR) is 112 cm³/mol. The highest BCUT2D eigenvalue weighted by atomic mass is 16.5. The molecule has 2 saturated heterocycles. The Labute approximate surface area is 174 Å². The van der Waals surface area contributed by atoms with E-state index in [-0.39, 0.29) is 23.9 Å². The molecule has 7 nitrogen and oxygen atoms in total. The van der Waals surface area contributed by atoms with Crippen molar-refractivity contribution in [2.75, 3.05) is 20.2 Å². The normalized spacial score (nSPS) is 22.4. The Morgan fingerprint density at radius 1 is 1.13 bits per heavy atom. The number of carbonyl (C=O) groups is 2. The third kappa shape index (κ3) is 3.06. The first kappa shape index (κ1) is 18.8. The third-order valence-corrected chi connectivity index (χ3v) is 6.33. The fourth-order valence-electron chi connectivity index (χ4n) is 4.73. The van der Waals surface area contributed by atoms with Crippen molar-refractivity contribution in [3.63, 3.8) is 0 Å². The molecule has 2 atom stereocenters. The van der Waals surface area contributed by atoms with E-state index in [9.17, 15) is 9.59 Å². The van der Waals surface area contributed by atoms with E-state index in [0.29, 0.717) is 18.7 Å². The quantitative estimate of drug-likeness (QED) is 0.679. The molecule has 2 unspecified atom stereocenters. The Morgan fingerprint density at radius 2 is 1.90 bits per heavy atom. The van der Waals surface area contributed by atoms with E-state index in [1.165, 1.54) is 0 Å². The van der Waals surface area contributed by atoms with Crippen molar-refractivity contribution in [1.82, 2.24) is 19.8 Å². The SMILES string of the molecule is COC1C(=O)N(C2CCN(C(=O)c3ccc4cc[nH]c4c3)CC2)C1c1ccncc1. The summed E-state index contributed by atoms with van der Waals surface area (Å²) in [7, 11) is 1.58. The maximum absolute atomic E-state index is 13.0. The number of hydrogen-bond donors (Lipinski definition) is 1. The van der Waals surface area contributed by atoms with Crippen LogP contribution in [-0.4, -0.2) is 63.9 Å². The molecule has 30 heavy (non-hydrogen) atoms. The molecular formula is C23H24N4O3. The van der Waals surface area contributed by atoms with Gasteiger partial charge in [0.1, 0.15) is 0 Å². The minimum Gasteiger partial charge on any atom is -0.369 e. The molecule has 0 bridgehead atoms. The lowest BCUT2D eigenvalue weighted by Crippen LogP contribution is -2.64. The summed E-state index contributed by atoms with van der Waals surface area (Å²) in [4.78, 5) is 36.8. The number of aromatic nitrogens is 2. The van der Waals surface area contributed by atoms with Crippen molar-refractivity contribution in [2.24, 2.45) is 0 Å². The largest absolute Gasteiger partial charge is 0.369 e. The second-order valence-corrected chi connectivity index (χ2v) is 7.93. The molecule has 5 rings (SSSR count). The predicted octanol–water partition coefficient (Wildman–Crippen LogP) is 2.77. The molecule has 2 aromatic heterocycles. The van der Waals surface area contributed by atoms with Gasteiger partial charge in [-0.1, -0.05) is 6.07 Å².